The normalized spacial score (nSPS) is 9.89. The molecule has 3 aromatic rings. The van der Waals surface area contributed by atoms with E-state index in [1.54, 1.807) is 42.7 Å². The Morgan fingerprint density at radius 2 is 1.93 bits per heavy atom. The Labute approximate surface area is 162 Å². The van der Waals surface area contributed by atoms with Crippen molar-refractivity contribution in [1.29, 1.82) is 0 Å². The molecule has 6 heteroatoms. The Morgan fingerprint density at radius 3 is 2.68 bits per heavy atom. The van der Waals surface area contributed by atoms with Gasteiger partial charge in [0.05, 0.1) is 0 Å². The fourth-order valence-electron chi connectivity index (χ4n) is 2.46. The van der Waals surface area contributed by atoms with Crippen molar-refractivity contribution < 1.29 is 9.18 Å². The number of rotatable bonds is 4. The van der Waals surface area contributed by atoms with Crippen molar-refractivity contribution in [3.8, 4) is 11.8 Å². The van der Waals surface area contributed by atoms with Crippen molar-refractivity contribution in [2.24, 2.45) is 0 Å². The summed E-state index contributed by atoms with van der Waals surface area (Å²) >= 11 is 0. The van der Waals surface area contributed by atoms with E-state index in [0.717, 1.165) is 5.56 Å². The topological polar surface area (TPSA) is 80.0 Å². The van der Waals surface area contributed by atoms with Gasteiger partial charge in [-0.2, -0.15) is 0 Å². The Bertz CT molecular complexity index is 1010. The van der Waals surface area contributed by atoms with E-state index in [1.807, 2.05) is 12.1 Å². The van der Waals surface area contributed by atoms with Gasteiger partial charge in [0, 0.05) is 41.4 Å². The van der Waals surface area contributed by atoms with Gasteiger partial charge in [-0.25, -0.2) is 9.18 Å². The van der Waals surface area contributed by atoms with Crippen LogP contribution in [0, 0.1) is 17.7 Å². The molecule has 0 aliphatic rings. The lowest BCUT2D eigenvalue weighted by atomic mass is 10.1. The second-order valence-corrected chi connectivity index (χ2v) is 6.05. The first-order chi connectivity index (χ1) is 13.6. The molecule has 3 rings (SSSR count). The van der Waals surface area contributed by atoms with Crippen molar-refractivity contribution in [2.75, 3.05) is 17.6 Å². The number of aromatic nitrogens is 1. The summed E-state index contributed by atoms with van der Waals surface area (Å²) in [5.41, 5.74) is 9.34. The van der Waals surface area contributed by atoms with Gasteiger partial charge in [0.15, 0.2) is 0 Å². The lowest BCUT2D eigenvalue weighted by molar-refractivity contribution is 0.252. The van der Waals surface area contributed by atoms with E-state index in [9.17, 15) is 9.18 Å². The van der Waals surface area contributed by atoms with Gasteiger partial charge < -0.3 is 16.4 Å². The van der Waals surface area contributed by atoms with E-state index >= 15 is 0 Å². The average Bonchev–Trinajstić information content (AvgIpc) is 2.70. The van der Waals surface area contributed by atoms with Gasteiger partial charge in [-0.3, -0.25) is 4.98 Å². The van der Waals surface area contributed by atoms with Crippen LogP contribution in [0.1, 0.15) is 16.7 Å². The summed E-state index contributed by atoms with van der Waals surface area (Å²) in [4.78, 5) is 16.1. The third-order valence-electron chi connectivity index (χ3n) is 3.92. The number of nitrogen functional groups attached to an aromatic ring is 1. The number of carbonyl (C=O) groups is 1. The van der Waals surface area contributed by atoms with Gasteiger partial charge in [0.2, 0.25) is 0 Å². The largest absolute Gasteiger partial charge is 0.398 e. The highest BCUT2D eigenvalue weighted by atomic mass is 19.1. The van der Waals surface area contributed by atoms with E-state index in [1.165, 1.54) is 12.1 Å². The summed E-state index contributed by atoms with van der Waals surface area (Å²) in [6.45, 7) is 0.490. The highest BCUT2D eigenvalue weighted by Crippen LogP contribution is 2.17. The molecule has 5 nitrogen and oxygen atoms in total. The molecule has 0 radical (unpaired) electrons. The van der Waals surface area contributed by atoms with Crippen molar-refractivity contribution in [3.05, 3.63) is 89.5 Å². The van der Waals surface area contributed by atoms with Crippen LogP contribution in [-0.2, 0) is 6.42 Å². The number of nitrogens with zero attached hydrogens (tertiary/aromatic N) is 1. The molecule has 0 saturated carbocycles. The molecule has 2 aromatic carbocycles. The van der Waals surface area contributed by atoms with E-state index in [-0.39, 0.29) is 11.8 Å². The second-order valence-electron chi connectivity index (χ2n) is 6.05. The van der Waals surface area contributed by atoms with Crippen LogP contribution in [-0.4, -0.2) is 17.6 Å². The van der Waals surface area contributed by atoms with Gasteiger partial charge in [0.1, 0.15) is 5.82 Å². The second kappa shape index (κ2) is 9.19. The van der Waals surface area contributed by atoms with Crippen LogP contribution in [0.15, 0.2) is 67.0 Å². The van der Waals surface area contributed by atoms with Gasteiger partial charge in [-0.05, 0) is 60.5 Å². The molecule has 0 saturated heterocycles. The summed E-state index contributed by atoms with van der Waals surface area (Å²) in [6.07, 6.45) is 4.17. The van der Waals surface area contributed by atoms with E-state index in [4.69, 9.17) is 5.73 Å². The van der Waals surface area contributed by atoms with Crippen LogP contribution in [0.25, 0.3) is 0 Å². The number of anilines is 2. The molecule has 1 aromatic heterocycles. The predicted molar refractivity (Wildman–Crippen MR) is 108 cm³/mol. The molecule has 4 N–H and O–H groups in total. The highest BCUT2D eigenvalue weighted by molar-refractivity contribution is 5.89. The van der Waals surface area contributed by atoms with Gasteiger partial charge in [0.25, 0.3) is 0 Å². The zero-order valence-corrected chi connectivity index (χ0v) is 15.1. The SMILES string of the molecule is Nc1ccc(NC(=O)NCCc2cccnc2)cc1C#Cc1ccc(F)cc1. The number of benzene rings is 2. The first-order valence-corrected chi connectivity index (χ1v) is 8.71. The molecule has 0 aliphatic heterocycles. The molecule has 140 valence electrons. The number of nitrogens with one attached hydrogen (secondary N) is 2. The number of urea groups is 1. The Morgan fingerprint density at radius 1 is 1.11 bits per heavy atom. The minimum atomic E-state index is -0.314. The molecule has 0 spiro atoms. The number of carbonyl (C=O) groups excluding carboxylic acids is 1. The van der Waals surface area contributed by atoms with Crippen molar-refractivity contribution in [2.45, 2.75) is 6.42 Å². The minimum Gasteiger partial charge on any atom is -0.398 e. The maximum absolute atomic E-state index is 13.0. The summed E-state index contributed by atoms with van der Waals surface area (Å²) < 4.78 is 13.0. The fourth-order valence-corrected chi connectivity index (χ4v) is 2.46. The maximum Gasteiger partial charge on any atom is 0.319 e. The lowest BCUT2D eigenvalue weighted by Gasteiger charge is -2.09. The predicted octanol–water partition coefficient (Wildman–Crippen LogP) is 3.57. The molecule has 0 aliphatic carbocycles. The lowest BCUT2D eigenvalue weighted by Crippen LogP contribution is -2.30. The van der Waals surface area contributed by atoms with Gasteiger partial charge in [-0.1, -0.05) is 17.9 Å². The van der Waals surface area contributed by atoms with E-state index in [0.29, 0.717) is 35.5 Å². The third kappa shape index (κ3) is 5.58. The Kier molecular flexibility index (Phi) is 6.21. The zero-order chi connectivity index (χ0) is 19.8. The summed E-state index contributed by atoms with van der Waals surface area (Å²) in [6, 6.07) is 14.5. The molecule has 0 unspecified atom stereocenters. The van der Waals surface area contributed by atoms with Crippen LogP contribution in [0.3, 0.4) is 0 Å². The van der Waals surface area contributed by atoms with Gasteiger partial charge in [-0.15, -0.1) is 0 Å². The molecular formula is C22H19FN4O. The van der Waals surface area contributed by atoms with E-state index < -0.39 is 0 Å². The molecule has 0 atom stereocenters. The Balaban J connectivity index is 1.59. The van der Waals surface area contributed by atoms with Crippen LogP contribution in [0.2, 0.25) is 0 Å². The summed E-state index contributed by atoms with van der Waals surface area (Å²) in [5, 5.41) is 5.56. The standard InChI is InChI=1S/C22H19FN4O/c23-19-7-4-16(5-8-19)3-6-18-14-20(9-10-21(18)24)27-22(28)26-13-11-17-2-1-12-25-15-17/h1-2,4-5,7-10,12,14-15H,11,13,24H2,(H2,26,27,28). The van der Waals surface area contributed by atoms with Gasteiger partial charge >= 0.3 is 6.03 Å². The Hall–Kier alpha value is -3.85. The molecule has 28 heavy (non-hydrogen) atoms. The number of halogens is 1. The number of pyridine rings is 1. The minimum absolute atomic E-state index is 0.314. The molecular weight excluding hydrogens is 355 g/mol. The first-order valence-electron chi connectivity index (χ1n) is 8.71. The quantitative estimate of drug-likeness (QED) is 0.482. The molecule has 0 bridgehead atoms. The highest BCUT2D eigenvalue weighted by Gasteiger charge is 2.04. The van der Waals surface area contributed by atoms with Crippen molar-refractivity contribution in [3.63, 3.8) is 0 Å². The van der Waals surface area contributed by atoms with Crippen LogP contribution >= 0.6 is 0 Å². The molecule has 1 heterocycles. The van der Waals surface area contributed by atoms with Crippen LogP contribution in [0.5, 0.6) is 0 Å². The zero-order valence-electron chi connectivity index (χ0n) is 15.1. The first kappa shape index (κ1) is 18.9. The average molecular weight is 374 g/mol. The fraction of sp³-hybridized carbons (Fsp3) is 0.0909. The number of hydrogen-bond donors (Lipinski definition) is 3. The van der Waals surface area contributed by atoms with Crippen molar-refractivity contribution in [1.82, 2.24) is 10.3 Å². The van der Waals surface area contributed by atoms with Crippen LogP contribution < -0.4 is 16.4 Å². The summed E-state index contributed by atoms with van der Waals surface area (Å²) in [7, 11) is 0. The maximum atomic E-state index is 13.0. The third-order valence-corrected chi connectivity index (χ3v) is 3.92. The summed E-state index contributed by atoms with van der Waals surface area (Å²) in [5.74, 6) is 5.57. The van der Waals surface area contributed by atoms with Crippen LogP contribution in [0.4, 0.5) is 20.6 Å². The molecule has 2 amide bonds. The van der Waals surface area contributed by atoms with Crippen molar-refractivity contribution >= 4 is 17.4 Å². The van der Waals surface area contributed by atoms with E-state index in [2.05, 4.69) is 27.5 Å². The number of hydrogen-bond acceptors (Lipinski definition) is 3. The number of nitrogens with two attached hydrogens (primary N) is 1. The smallest absolute Gasteiger partial charge is 0.319 e. The monoisotopic (exact) mass is 374 g/mol. The molecule has 0 fully saturated rings. The number of amides is 2.